The van der Waals surface area contributed by atoms with Crippen LogP contribution in [0.5, 0.6) is 0 Å². The Morgan fingerprint density at radius 3 is 2.85 bits per heavy atom. The SMILES string of the molecule is O=C(NC[C@@H](c1cccnc1)N1CCCCC1)c1n[nH]c2c1CCCC2. The normalized spacial score (nSPS) is 18.9. The largest absolute Gasteiger partial charge is 0.349 e. The van der Waals surface area contributed by atoms with Crippen LogP contribution < -0.4 is 5.32 Å². The quantitative estimate of drug-likeness (QED) is 0.867. The van der Waals surface area contributed by atoms with E-state index in [0.29, 0.717) is 12.2 Å². The van der Waals surface area contributed by atoms with Crippen LogP contribution >= 0.6 is 0 Å². The van der Waals surface area contributed by atoms with Gasteiger partial charge >= 0.3 is 0 Å². The summed E-state index contributed by atoms with van der Waals surface area (Å²) in [5.74, 6) is -0.0599. The van der Waals surface area contributed by atoms with Crippen molar-refractivity contribution in [1.29, 1.82) is 0 Å². The smallest absolute Gasteiger partial charge is 0.272 e. The molecule has 0 radical (unpaired) electrons. The average Bonchev–Trinajstić information content (AvgIpc) is 3.14. The van der Waals surface area contributed by atoms with Gasteiger partial charge in [-0.2, -0.15) is 5.10 Å². The Hall–Kier alpha value is -2.21. The summed E-state index contributed by atoms with van der Waals surface area (Å²) in [5.41, 5.74) is 4.01. The summed E-state index contributed by atoms with van der Waals surface area (Å²) in [7, 11) is 0. The van der Waals surface area contributed by atoms with Crippen LogP contribution in [0.1, 0.15) is 65.5 Å². The van der Waals surface area contributed by atoms with Crippen LogP contribution in [0.25, 0.3) is 0 Å². The van der Waals surface area contributed by atoms with Gasteiger partial charge in [0, 0.05) is 30.2 Å². The van der Waals surface area contributed by atoms with Crippen molar-refractivity contribution in [2.75, 3.05) is 19.6 Å². The number of fused-ring (bicyclic) bond motifs is 1. The highest BCUT2D eigenvalue weighted by Gasteiger charge is 2.25. The highest BCUT2D eigenvalue weighted by Crippen LogP contribution is 2.25. The maximum absolute atomic E-state index is 12.8. The number of likely N-dealkylation sites (tertiary alicyclic amines) is 1. The molecule has 2 aromatic heterocycles. The van der Waals surface area contributed by atoms with Crippen LogP contribution in [-0.4, -0.2) is 45.6 Å². The maximum Gasteiger partial charge on any atom is 0.272 e. The lowest BCUT2D eigenvalue weighted by molar-refractivity contribution is 0.0918. The zero-order chi connectivity index (χ0) is 17.8. The molecule has 3 heterocycles. The van der Waals surface area contributed by atoms with Crippen LogP contribution in [0.15, 0.2) is 24.5 Å². The van der Waals surface area contributed by atoms with Crippen molar-refractivity contribution < 1.29 is 4.79 Å². The zero-order valence-corrected chi connectivity index (χ0v) is 15.2. The van der Waals surface area contributed by atoms with E-state index in [9.17, 15) is 4.79 Å². The molecule has 1 fully saturated rings. The minimum absolute atomic E-state index is 0.0599. The van der Waals surface area contributed by atoms with Crippen molar-refractivity contribution in [2.45, 2.75) is 51.0 Å². The van der Waals surface area contributed by atoms with Gasteiger partial charge in [0.25, 0.3) is 5.91 Å². The van der Waals surface area contributed by atoms with E-state index in [1.807, 2.05) is 12.3 Å². The lowest BCUT2D eigenvalue weighted by atomic mass is 9.95. The molecule has 6 heteroatoms. The number of nitrogens with zero attached hydrogens (tertiary/aromatic N) is 3. The van der Waals surface area contributed by atoms with Gasteiger partial charge in [-0.05, 0) is 63.2 Å². The predicted molar refractivity (Wildman–Crippen MR) is 100.0 cm³/mol. The van der Waals surface area contributed by atoms with Crippen molar-refractivity contribution in [3.8, 4) is 0 Å². The first-order chi connectivity index (χ1) is 12.8. The number of aromatic nitrogens is 3. The van der Waals surface area contributed by atoms with E-state index in [0.717, 1.165) is 43.6 Å². The van der Waals surface area contributed by atoms with Crippen LogP contribution in [0.4, 0.5) is 0 Å². The minimum atomic E-state index is -0.0599. The van der Waals surface area contributed by atoms with Crippen LogP contribution in [-0.2, 0) is 12.8 Å². The van der Waals surface area contributed by atoms with Crippen molar-refractivity contribution in [3.63, 3.8) is 0 Å². The van der Waals surface area contributed by atoms with Gasteiger partial charge in [0.1, 0.15) is 0 Å². The molecule has 0 aromatic carbocycles. The van der Waals surface area contributed by atoms with Crippen molar-refractivity contribution >= 4 is 5.91 Å². The van der Waals surface area contributed by atoms with E-state index in [2.05, 4.69) is 31.5 Å². The number of nitrogens with one attached hydrogen (secondary N) is 2. The third kappa shape index (κ3) is 3.65. The lowest BCUT2D eigenvalue weighted by Crippen LogP contribution is -2.41. The number of hydrogen-bond donors (Lipinski definition) is 2. The fourth-order valence-corrected chi connectivity index (χ4v) is 4.20. The van der Waals surface area contributed by atoms with E-state index in [4.69, 9.17) is 0 Å². The monoisotopic (exact) mass is 353 g/mol. The molecule has 138 valence electrons. The molecule has 1 aliphatic carbocycles. The molecule has 26 heavy (non-hydrogen) atoms. The second kappa shape index (κ2) is 7.99. The highest BCUT2D eigenvalue weighted by molar-refractivity contribution is 5.94. The molecule has 6 nitrogen and oxygen atoms in total. The Kier molecular flexibility index (Phi) is 5.29. The summed E-state index contributed by atoms with van der Waals surface area (Å²) in [6.45, 7) is 2.74. The molecule has 2 N–H and O–H groups in total. The Morgan fingerprint density at radius 1 is 1.19 bits per heavy atom. The van der Waals surface area contributed by atoms with E-state index in [-0.39, 0.29) is 11.9 Å². The van der Waals surface area contributed by atoms with Crippen LogP contribution in [0.3, 0.4) is 0 Å². The molecule has 1 atom stereocenters. The molecule has 0 bridgehead atoms. The van der Waals surface area contributed by atoms with E-state index >= 15 is 0 Å². The Balaban J connectivity index is 1.47. The first-order valence-electron chi connectivity index (χ1n) is 9.81. The number of pyridine rings is 1. The summed E-state index contributed by atoms with van der Waals surface area (Å²) < 4.78 is 0. The molecule has 0 spiro atoms. The van der Waals surface area contributed by atoms with Crippen molar-refractivity contribution in [3.05, 3.63) is 47.0 Å². The summed E-state index contributed by atoms with van der Waals surface area (Å²) >= 11 is 0. The van der Waals surface area contributed by atoms with Crippen molar-refractivity contribution in [1.82, 2.24) is 25.4 Å². The molecule has 4 rings (SSSR count). The summed E-state index contributed by atoms with van der Waals surface area (Å²) in [6.07, 6.45) is 11.7. The van der Waals surface area contributed by atoms with Gasteiger partial charge in [0.15, 0.2) is 5.69 Å². The first-order valence-corrected chi connectivity index (χ1v) is 9.81. The Morgan fingerprint density at radius 2 is 2.04 bits per heavy atom. The molecular formula is C20H27N5O. The van der Waals surface area contributed by atoms with E-state index < -0.39 is 0 Å². The van der Waals surface area contributed by atoms with Crippen LogP contribution in [0.2, 0.25) is 0 Å². The zero-order valence-electron chi connectivity index (χ0n) is 15.2. The summed E-state index contributed by atoms with van der Waals surface area (Å²) in [6, 6.07) is 4.25. The molecule has 0 saturated carbocycles. The van der Waals surface area contributed by atoms with E-state index in [1.54, 1.807) is 6.20 Å². The number of carbonyl (C=O) groups excluding carboxylic acids is 1. The number of piperidine rings is 1. The minimum Gasteiger partial charge on any atom is -0.349 e. The number of aryl methyl sites for hydroxylation is 1. The maximum atomic E-state index is 12.8. The molecule has 2 aromatic rings. The van der Waals surface area contributed by atoms with Crippen LogP contribution in [0, 0.1) is 0 Å². The van der Waals surface area contributed by atoms with Gasteiger partial charge in [-0.25, -0.2) is 0 Å². The van der Waals surface area contributed by atoms with Crippen molar-refractivity contribution in [2.24, 2.45) is 0 Å². The third-order valence-corrected chi connectivity index (χ3v) is 5.63. The second-order valence-electron chi connectivity index (χ2n) is 7.35. The third-order valence-electron chi connectivity index (χ3n) is 5.63. The first kappa shape index (κ1) is 17.2. The number of H-pyrrole nitrogens is 1. The Labute approximate surface area is 154 Å². The number of rotatable bonds is 5. The fourth-order valence-electron chi connectivity index (χ4n) is 4.20. The molecule has 1 saturated heterocycles. The average molecular weight is 353 g/mol. The summed E-state index contributed by atoms with van der Waals surface area (Å²) in [5, 5.41) is 10.5. The molecule has 2 aliphatic rings. The number of aromatic amines is 1. The highest BCUT2D eigenvalue weighted by atomic mass is 16.1. The van der Waals surface area contributed by atoms with Gasteiger partial charge in [0.05, 0.1) is 6.04 Å². The number of hydrogen-bond acceptors (Lipinski definition) is 4. The fraction of sp³-hybridized carbons (Fsp3) is 0.550. The standard InChI is InChI=1S/C20H27N5O/c26-20(19-16-8-2-3-9-17(16)23-24-19)22-14-18(15-7-6-10-21-13-15)25-11-4-1-5-12-25/h6-7,10,13,18H,1-5,8-9,11-12,14H2,(H,22,26)(H,23,24)/t18-/m0/s1. The van der Waals surface area contributed by atoms with Gasteiger partial charge in [-0.3, -0.25) is 19.8 Å². The van der Waals surface area contributed by atoms with Gasteiger partial charge < -0.3 is 5.32 Å². The van der Waals surface area contributed by atoms with Gasteiger partial charge in [0.2, 0.25) is 0 Å². The summed E-state index contributed by atoms with van der Waals surface area (Å²) in [4.78, 5) is 19.5. The molecule has 0 unspecified atom stereocenters. The lowest BCUT2D eigenvalue weighted by Gasteiger charge is -2.34. The number of carbonyl (C=O) groups is 1. The van der Waals surface area contributed by atoms with E-state index in [1.165, 1.54) is 31.2 Å². The second-order valence-corrected chi connectivity index (χ2v) is 7.35. The van der Waals surface area contributed by atoms with Gasteiger partial charge in [-0.15, -0.1) is 0 Å². The molecular weight excluding hydrogens is 326 g/mol. The predicted octanol–water partition coefficient (Wildman–Crippen LogP) is 2.64. The number of amides is 1. The topological polar surface area (TPSA) is 73.9 Å². The molecule has 1 amide bonds. The molecule has 1 aliphatic heterocycles. The van der Waals surface area contributed by atoms with Gasteiger partial charge in [-0.1, -0.05) is 12.5 Å². The Bertz CT molecular complexity index is 736.